The monoisotopic (exact) mass is 1260 g/mol. The van der Waals surface area contributed by atoms with Crippen LogP contribution in [0.2, 0.25) is 0 Å². The molecule has 29 heteroatoms. The van der Waals surface area contributed by atoms with Gasteiger partial charge < -0.3 is 64.5 Å². The number of nitrogens with two attached hydrogens (primary N) is 1. The molecule has 0 radical (unpaired) electrons. The van der Waals surface area contributed by atoms with Gasteiger partial charge in [-0.1, -0.05) is 5.11 Å². The number of hydrogen-bond donors (Lipinski definition) is 1. The minimum Gasteiger partial charge on any atom is -0.368 e. The predicted molar refractivity (Wildman–Crippen MR) is 320 cm³/mol. The van der Waals surface area contributed by atoms with Crippen molar-refractivity contribution in [1.82, 2.24) is 58.8 Å². The molecule has 13 atom stereocenters. The van der Waals surface area contributed by atoms with Gasteiger partial charge in [-0.05, 0) is 153 Å². The van der Waals surface area contributed by atoms with E-state index in [2.05, 4.69) is 10.0 Å². The Hall–Kier alpha value is -7.58. The van der Waals surface area contributed by atoms with E-state index in [4.69, 9.17) is 5.73 Å². The maximum absolute atomic E-state index is 15.1. The summed E-state index contributed by atoms with van der Waals surface area (Å²) in [7, 11) is 0. The van der Waals surface area contributed by atoms with Crippen molar-refractivity contribution in [3.8, 4) is 0 Å². The maximum Gasteiger partial charge on any atom is 0.246 e. The third-order valence-corrected chi connectivity index (χ3v) is 22.3. The molecule has 0 aromatic rings. The summed E-state index contributed by atoms with van der Waals surface area (Å²) >= 11 is 0. The van der Waals surface area contributed by atoms with E-state index in [0.29, 0.717) is 168 Å². The number of carbonyl (C=O) groups excluding carboxylic acids is 13. The number of nitrogens with zero attached hydrogens (tertiary/aromatic N) is 15. The fourth-order valence-electron chi connectivity index (χ4n) is 17.9. The predicted octanol–water partition coefficient (Wildman–Crippen LogP) is -0.328. The Labute approximate surface area is 529 Å². The Morgan fingerprint density at radius 3 is 0.703 bits per heavy atom. The van der Waals surface area contributed by atoms with Gasteiger partial charge in [-0.3, -0.25) is 62.3 Å². The molecule has 0 aromatic heterocycles. The van der Waals surface area contributed by atoms with Crippen molar-refractivity contribution in [1.29, 1.82) is 0 Å². The molecule has 0 unspecified atom stereocenters. The van der Waals surface area contributed by atoms with Crippen LogP contribution in [0, 0.1) is 0 Å². The molecular formula is C62H88N16O13. The van der Waals surface area contributed by atoms with Gasteiger partial charge in [0.15, 0.2) is 0 Å². The molecule has 0 bridgehead atoms. The van der Waals surface area contributed by atoms with Crippen LogP contribution in [-0.4, -0.2) is 293 Å². The lowest BCUT2D eigenvalue weighted by Crippen LogP contribution is -2.59. The number of carbonyl (C=O) groups is 13. The van der Waals surface area contributed by atoms with Gasteiger partial charge in [-0.2, -0.15) is 0 Å². The van der Waals surface area contributed by atoms with Crippen LogP contribution >= 0.6 is 0 Å². The normalized spacial score (nSPS) is 32.5. The summed E-state index contributed by atoms with van der Waals surface area (Å²) in [5.74, 6) is -4.94. The average Bonchev–Trinajstić information content (AvgIpc) is 1.69. The molecule has 2 N–H and O–H groups in total. The number of azide groups is 1. The van der Waals surface area contributed by atoms with E-state index in [1.165, 1.54) is 41.2 Å². The first kappa shape index (κ1) is 63.6. The standard InChI is InChI=1S/C62H88N16O13/c1-37(79)67-24-3-14-40(67)52(81)69-26-5-16-42(69)54(83)71-28-7-18-44(71)56(85)73-30-8-19-45(73)57(86)74-31-10-21-47(74)59(88)76-33-12-23-49(76)61(90)78-36-38(65-66-64)35-50(78)62(91)77-34-11-22-48(77)60(89)75-32-9-20-46(75)58(87)72-29-6-17-43(72)55(84)70-27-4-15-41(70)53(82)68-25-2-13-39(68)51(63)80/h38-50H,2-36H2,1H3,(H2,63,80)/t38-,39-,40-,41-,42-,43-,44-,45-,46-,47-,48-,49-,50-/m0/s1. The molecule has 12 fully saturated rings. The molecule has 91 heavy (non-hydrogen) atoms. The highest BCUT2D eigenvalue weighted by Gasteiger charge is 2.55. The smallest absolute Gasteiger partial charge is 0.246 e. The lowest BCUT2D eigenvalue weighted by molar-refractivity contribution is -0.156. The van der Waals surface area contributed by atoms with E-state index in [1.54, 1.807) is 24.5 Å². The zero-order chi connectivity index (χ0) is 64.1. The average molecular weight is 1270 g/mol. The van der Waals surface area contributed by atoms with Gasteiger partial charge in [0.25, 0.3) is 0 Å². The summed E-state index contributed by atoms with van der Waals surface area (Å²) in [6.07, 6.45) is 10.3. The fourth-order valence-corrected chi connectivity index (χ4v) is 17.9. The first-order valence-corrected chi connectivity index (χ1v) is 33.9. The topological polar surface area (TPSA) is 336 Å². The second kappa shape index (κ2) is 26.6. The Morgan fingerprint density at radius 2 is 0.484 bits per heavy atom. The van der Waals surface area contributed by atoms with Crippen LogP contribution in [0.25, 0.3) is 10.4 Å². The second-order valence-corrected chi connectivity index (χ2v) is 27.3. The first-order valence-electron chi connectivity index (χ1n) is 33.9. The van der Waals surface area contributed by atoms with Crippen molar-refractivity contribution in [2.24, 2.45) is 10.8 Å². The van der Waals surface area contributed by atoms with Crippen molar-refractivity contribution < 1.29 is 62.3 Å². The lowest BCUT2D eigenvalue weighted by atomic mass is 10.1. The fraction of sp³-hybridized carbons (Fsp3) is 0.790. The molecule has 0 spiro atoms. The Kier molecular flexibility index (Phi) is 18.6. The Bertz CT molecular complexity index is 3030. The van der Waals surface area contributed by atoms with E-state index in [9.17, 15) is 58.3 Å². The zero-order valence-corrected chi connectivity index (χ0v) is 52.3. The van der Waals surface area contributed by atoms with Gasteiger partial charge in [0.2, 0.25) is 76.8 Å². The first-order chi connectivity index (χ1) is 43.9. The van der Waals surface area contributed by atoms with E-state index in [1.807, 2.05) is 0 Å². The Balaban J connectivity index is 0.684. The number of primary amides is 1. The van der Waals surface area contributed by atoms with E-state index < -0.39 is 108 Å². The van der Waals surface area contributed by atoms with Crippen LogP contribution in [0.4, 0.5) is 0 Å². The minimum absolute atomic E-state index is 0.0242. The van der Waals surface area contributed by atoms with Crippen molar-refractivity contribution in [3.05, 3.63) is 10.4 Å². The molecule has 12 rings (SSSR count). The lowest BCUT2D eigenvalue weighted by Gasteiger charge is -2.38. The second-order valence-electron chi connectivity index (χ2n) is 27.3. The molecule has 0 aromatic carbocycles. The number of rotatable bonds is 13. The number of hydrogen-bond acceptors (Lipinski definition) is 14. The largest absolute Gasteiger partial charge is 0.368 e. The number of amides is 13. The highest BCUT2D eigenvalue weighted by molar-refractivity contribution is 6.01. The summed E-state index contributed by atoms with van der Waals surface area (Å²) in [5, 5.41) is 3.94. The highest BCUT2D eigenvalue weighted by atomic mass is 16.2. The molecular weight excluding hydrogens is 1180 g/mol. The van der Waals surface area contributed by atoms with Crippen LogP contribution in [0.5, 0.6) is 0 Å². The number of likely N-dealkylation sites (tertiary alicyclic amines) is 12. The van der Waals surface area contributed by atoms with E-state index in [-0.39, 0.29) is 106 Å². The molecule has 0 saturated carbocycles. The van der Waals surface area contributed by atoms with Gasteiger partial charge in [-0.15, -0.1) is 0 Å². The molecule has 12 saturated heterocycles. The van der Waals surface area contributed by atoms with Crippen molar-refractivity contribution in [2.75, 3.05) is 78.5 Å². The van der Waals surface area contributed by atoms with Crippen LogP contribution in [0.1, 0.15) is 155 Å². The van der Waals surface area contributed by atoms with Crippen molar-refractivity contribution in [2.45, 2.75) is 233 Å². The van der Waals surface area contributed by atoms with Crippen LogP contribution in [0.3, 0.4) is 0 Å². The van der Waals surface area contributed by atoms with Gasteiger partial charge in [-0.25, -0.2) is 0 Å². The van der Waals surface area contributed by atoms with Gasteiger partial charge in [0.05, 0.1) is 6.04 Å². The molecule has 29 nitrogen and oxygen atoms in total. The summed E-state index contributed by atoms with van der Waals surface area (Å²) in [6, 6.07) is -11.2. The van der Waals surface area contributed by atoms with Crippen molar-refractivity contribution in [3.63, 3.8) is 0 Å². The molecule has 494 valence electrons. The van der Waals surface area contributed by atoms with Crippen LogP contribution in [0.15, 0.2) is 5.11 Å². The van der Waals surface area contributed by atoms with E-state index in [0.717, 1.165) is 0 Å². The maximum atomic E-state index is 15.1. The minimum atomic E-state index is -1.15. The molecule has 13 amide bonds. The van der Waals surface area contributed by atoms with Crippen molar-refractivity contribution >= 4 is 76.8 Å². The molecule has 0 aliphatic carbocycles. The van der Waals surface area contributed by atoms with Gasteiger partial charge in [0.1, 0.15) is 72.5 Å². The molecule has 12 aliphatic rings. The SMILES string of the molecule is CC(=O)N1CCC[C@H]1C(=O)N1CCC[C@H]1C(=O)N1CCC[C@H]1C(=O)N1CCC[C@H]1C(=O)N1CCC[C@H]1C(=O)N1CCC[C@H]1C(=O)N1C[C@@H](N=[N+]=[N-])C[C@H]1C(=O)N1CCC[C@H]1C(=O)N1CCC[C@H]1C(=O)N1CCC[C@H]1C(=O)N1CCC[C@H]1C(=O)N1CCC[C@H]1C(N)=O. The zero-order valence-electron chi connectivity index (χ0n) is 52.3. The summed E-state index contributed by atoms with van der Waals surface area (Å²) in [5.41, 5.74) is 15.2. The van der Waals surface area contributed by atoms with Crippen LogP contribution < -0.4 is 5.73 Å². The summed E-state index contributed by atoms with van der Waals surface area (Å²) in [4.78, 5) is 206. The van der Waals surface area contributed by atoms with Crippen LogP contribution in [-0.2, 0) is 62.3 Å². The van der Waals surface area contributed by atoms with Gasteiger partial charge >= 0.3 is 0 Å². The summed E-state index contributed by atoms with van der Waals surface area (Å²) < 4.78 is 0. The molecule has 12 heterocycles. The quantitative estimate of drug-likeness (QED) is 0.141. The third kappa shape index (κ3) is 11.7. The summed E-state index contributed by atoms with van der Waals surface area (Å²) in [6.45, 7) is 4.69. The Morgan fingerprint density at radius 1 is 0.297 bits per heavy atom. The highest BCUT2D eigenvalue weighted by Crippen LogP contribution is 2.37. The van der Waals surface area contributed by atoms with E-state index >= 15 is 9.59 Å². The van der Waals surface area contributed by atoms with Gasteiger partial charge in [0, 0.05) is 90.4 Å². The third-order valence-electron chi connectivity index (χ3n) is 22.3. The molecule has 12 aliphatic heterocycles.